The molecule has 3 saturated heterocycles. The van der Waals surface area contributed by atoms with E-state index in [0.29, 0.717) is 17.0 Å². The predicted molar refractivity (Wildman–Crippen MR) is 112 cm³/mol. The van der Waals surface area contributed by atoms with Crippen LogP contribution < -0.4 is 4.90 Å². The Bertz CT molecular complexity index is 1260. The summed E-state index contributed by atoms with van der Waals surface area (Å²) in [6, 6.07) is 8.98. The monoisotopic (exact) mass is 432 g/mol. The van der Waals surface area contributed by atoms with Gasteiger partial charge in [0, 0.05) is 11.8 Å². The van der Waals surface area contributed by atoms with Gasteiger partial charge in [0.1, 0.15) is 5.56 Å². The maximum Gasteiger partial charge on any atom is 0.343 e. The van der Waals surface area contributed by atoms with Crippen LogP contribution in [0.15, 0.2) is 42.7 Å². The lowest BCUT2D eigenvalue weighted by Crippen LogP contribution is -2.34. The van der Waals surface area contributed by atoms with Crippen molar-refractivity contribution >= 4 is 29.1 Å². The second kappa shape index (κ2) is 6.96. The van der Waals surface area contributed by atoms with Crippen molar-refractivity contribution in [2.24, 2.45) is 11.8 Å². The van der Waals surface area contributed by atoms with Gasteiger partial charge >= 0.3 is 5.97 Å². The average molecular weight is 432 g/mol. The number of carbonyl (C=O) groups is 3. The number of hydrogen-bond donors (Lipinski definition) is 0. The summed E-state index contributed by atoms with van der Waals surface area (Å²) in [7, 11) is 0. The first kappa shape index (κ1) is 19.1. The molecule has 0 saturated carbocycles. The quantitative estimate of drug-likeness (QED) is 0.460. The molecule has 9 nitrogen and oxygen atoms in total. The van der Waals surface area contributed by atoms with Crippen LogP contribution in [-0.4, -0.2) is 51.2 Å². The summed E-state index contributed by atoms with van der Waals surface area (Å²) in [5.74, 6) is -1.62. The minimum Gasteiger partial charge on any atom is -0.462 e. The highest BCUT2D eigenvalue weighted by Crippen LogP contribution is 2.49. The molecule has 5 heterocycles. The van der Waals surface area contributed by atoms with Gasteiger partial charge in [0.05, 0.1) is 48.2 Å². The van der Waals surface area contributed by atoms with Crippen LogP contribution in [0.25, 0.3) is 16.9 Å². The Balaban J connectivity index is 1.39. The van der Waals surface area contributed by atoms with Crippen molar-refractivity contribution in [3.8, 4) is 11.3 Å². The standard InChI is InChI=1S/C23H20N4O5/c1-2-31-23(30)14-11-25-27-15(8-9-24-20(14)27)12-4-3-5-13(10-12)26-21(28)18-16-6-7-17(32-16)19(18)22(26)29/h3-5,8-11,16-19H,2,6-7H2,1H3/t16-,17+,18-,19+. The van der Waals surface area contributed by atoms with Crippen LogP contribution in [0.2, 0.25) is 0 Å². The highest BCUT2D eigenvalue weighted by Gasteiger charge is 2.62. The lowest BCUT2D eigenvalue weighted by molar-refractivity contribution is -0.124. The van der Waals surface area contributed by atoms with Gasteiger partial charge in [0.25, 0.3) is 0 Å². The molecule has 0 aliphatic carbocycles. The van der Waals surface area contributed by atoms with Crippen LogP contribution in [-0.2, 0) is 19.1 Å². The van der Waals surface area contributed by atoms with Gasteiger partial charge in [-0.15, -0.1) is 0 Å². The van der Waals surface area contributed by atoms with E-state index in [2.05, 4.69) is 10.1 Å². The molecule has 2 bridgehead atoms. The first-order valence-electron chi connectivity index (χ1n) is 10.7. The number of fused-ring (bicyclic) bond motifs is 6. The van der Waals surface area contributed by atoms with E-state index in [1.165, 1.54) is 11.1 Å². The summed E-state index contributed by atoms with van der Waals surface area (Å²) >= 11 is 0. The lowest BCUT2D eigenvalue weighted by Gasteiger charge is -2.18. The number of hydrogen-bond acceptors (Lipinski definition) is 7. The van der Waals surface area contributed by atoms with Crippen molar-refractivity contribution < 1.29 is 23.9 Å². The summed E-state index contributed by atoms with van der Waals surface area (Å²) in [4.78, 5) is 44.1. The van der Waals surface area contributed by atoms with E-state index < -0.39 is 5.97 Å². The Morgan fingerprint density at radius 1 is 1.16 bits per heavy atom. The maximum absolute atomic E-state index is 13.1. The van der Waals surface area contributed by atoms with Gasteiger partial charge in [-0.25, -0.2) is 19.2 Å². The van der Waals surface area contributed by atoms with E-state index in [-0.39, 0.29) is 48.0 Å². The minimum absolute atomic E-state index is 0.153. The minimum atomic E-state index is -0.488. The molecule has 3 aromatic rings. The van der Waals surface area contributed by atoms with Crippen molar-refractivity contribution in [2.45, 2.75) is 32.0 Å². The SMILES string of the molecule is CCOC(=O)c1cnn2c(-c3cccc(N4C(=O)[C@@H]5[C@H](C4=O)[C@H]4CC[C@@H]5O4)c3)ccnc12. The average Bonchev–Trinajstić information content (AvgIpc) is 3.56. The van der Waals surface area contributed by atoms with Crippen LogP contribution >= 0.6 is 0 Å². The molecule has 1 aromatic carbocycles. The fraction of sp³-hybridized carbons (Fsp3) is 0.348. The number of anilines is 1. The molecule has 2 amide bonds. The molecule has 0 unspecified atom stereocenters. The van der Waals surface area contributed by atoms with Crippen LogP contribution in [0.4, 0.5) is 5.69 Å². The first-order chi connectivity index (χ1) is 15.6. The van der Waals surface area contributed by atoms with Crippen LogP contribution in [0.5, 0.6) is 0 Å². The van der Waals surface area contributed by atoms with Gasteiger partial charge < -0.3 is 9.47 Å². The van der Waals surface area contributed by atoms with E-state index in [1.54, 1.807) is 41.9 Å². The smallest absolute Gasteiger partial charge is 0.343 e. The number of esters is 1. The molecule has 3 aliphatic heterocycles. The summed E-state index contributed by atoms with van der Waals surface area (Å²) in [5, 5.41) is 4.32. The van der Waals surface area contributed by atoms with Crippen LogP contribution in [0.3, 0.4) is 0 Å². The number of nitrogens with zero attached hydrogens (tertiary/aromatic N) is 4. The number of rotatable bonds is 4. The first-order valence-corrected chi connectivity index (χ1v) is 10.7. The fourth-order valence-electron chi connectivity index (χ4n) is 5.23. The lowest BCUT2D eigenvalue weighted by atomic mass is 9.81. The molecule has 32 heavy (non-hydrogen) atoms. The van der Waals surface area contributed by atoms with Gasteiger partial charge in [-0.1, -0.05) is 12.1 Å². The topological polar surface area (TPSA) is 103 Å². The van der Waals surface area contributed by atoms with Crippen molar-refractivity contribution in [1.29, 1.82) is 0 Å². The van der Waals surface area contributed by atoms with E-state index in [1.807, 2.05) is 6.07 Å². The molecule has 0 N–H and O–H groups in total. The summed E-state index contributed by atoms with van der Waals surface area (Å²) < 4.78 is 12.5. The van der Waals surface area contributed by atoms with Crippen molar-refractivity contribution in [3.63, 3.8) is 0 Å². The number of amides is 2. The Labute approximate surface area is 182 Å². The number of carbonyl (C=O) groups excluding carboxylic acids is 3. The van der Waals surface area contributed by atoms with Gasteiger partial charge in [0.2, 0.25) is 11.8 Å². The Kier molecular flexibility index (Phi) is 4.16. The van der Waals surface area contributed by atoms with Crippen LogP contribution in [0.1, 0.15) is 30.1 Å². The van der Waals surface area contributed by atoms with Gasteiger partial charge in [-0.3, -0.25) is 9.59 Å². The highest BCUT2D eigenvalue weighted by atomic mass is 16.5. The number of aromatic nitrogens is 3. The molecule has 0 radical (unpaired) electrons. The molecule has 3 fully saturated rings. The summed E-state index contributed by atoms with van der Waals surface area (Å²) in [5.41, 5.74) is 2.59. The second-order valence-corrected chi connectivity index (χ2v) is 8.25. The summed E-state index contributed by atoms with van der Waals surface area (Å²) in [6.45, 7) is 1.99. The predicted octanol–water partition coefficient (Wildman–Crippen LogP) is 2.24. The molecule has 0 spiro atoms. The number of ether oxygens (including phenoxy) is 2. The molecule has 9 heteroatoms. The fourth-order valence-corrected chi connectivity index (χ4v) is 5.23. The highest BCUT2D eigenvalue weighted by molar-refractivity contribution is 6.23. The van der Waals surface area contributed by atoms with Crippen LogP contribution in [0, 0.1) is 11.8 Å². The number of benzene rings is 1. The zero-order valence-corrected chi connectivity index (χ0v) is 17.3. The third-order valence-corrected chi connectivity index (χ3v) is 6.58. The van der Waals surface area contributed by atoms with E-state index in [0.717, 1.165) is 18.4 Å². The molecule has 3 aliphatic rings. The van der Waals surface area contributed by atoms with Gasteiger partial charge in [-0.05, 0) is 38.0 Å². The van der Waals surface area contributed by atoms with E-state index in [9.17, 15) is 14.4 Å². The second-order valence-electron chi connectivity index (χ2n) is 8.25. The molecule has 6 rings (SSSR count). The third-order valence-electron chi connectivity index (χ3n) is 6.58. The normalized spacial score (nSPS) is 26.2. The zero-order valence-electron chi connectivity index (χ0n) is 17.3. The molecular formula is C23H20N4O5. The molecule has 2 aromatic heterocycles. The maximum atomic E-state index is 13.1. The van der Waals surface area contributed by atoms with E-state index in [4.69, 9.17) is 9.47 Å². The molecule has 4 atom stereocenters. The third kappa shape index (κ3) is 2.57. The van der Waals surface area contributed by atoms with E-state index >= 15 is 0 Å². The Hall–Kier alpha value is -3.59. The largest absolute Gasteiger partial charge is 0.462 e. The van der Waals surface area contributed by atoms with Gasteiger partial charge in [-0.2, -0.15) is 5.10 Å². The summed E-state index contributed by atoms with van der Waals surface area (Å²) in [6.07, 6.45) is 4.37. The van der Waals surface area contributed by atoms with Gasteiger partial charge in [0.15, 0.2) is 5.65 Å². The van der Waals surface area contributed by atoms with Crippen molar-refractivity contribution in [2.75, 3.05) is 11.5 Å². The molecule has 162 valence electrons. The molecular weight excluding hydrogens is 412 g/mol. The Morgan fingerprint density at radius 3 is 2.62 bits per heavy atom. The van der Waals surface area contributed by atoms with Crippen molar-refractivity contribution in [1.82, 2.24) is 14.6 Å². The van der Waals surface area contributed by atoms with Crippen molar-refractivity contribution in [3.05, 3.63) is 48.3 Å². The Morgan fingerprint density at radius 2 is 1.91 bits per heavy atom. The number of imide groups is 1. The zero-order chi connectivity index (χ0) is 22.0.